The molecular weight excluding hydrogens is 266 g/mol. The van der Waals surface area contributed by atoms with Crippen LogP contribution in [0.25, 0.3) is 0 Å². The van der Waals surface area contributed by atoms with Gasteiger partial charge in [-0.05, 0) is 31.4 Å². The van der Waals surface area contributed by atoms with Crippen molar-refractivity contribution in [2.45, 2.75) is 19.3 Å². The van der Waals surface area contributed by atoms with Crippen LogP contribution in [0.5, 0.6) is 0 Å². The van der Waals surface area contributed by atoms with Crippen LogP contribution in [0.3, 0.4) is 0 Å². The van der Waals surface area contributed by atoms with Crippen molar-refractivity contribution in [2.75, 3.05) is 26.2 Å². The molecule has 1 atom stereocenters. The van der Waals surface area contributed by atoms with Crippen molar-refractivity contribution in [3.05, 3.63) is 35.9 Å². The molecule has 0 aromatic heterocycles. The number of carbonyl (C=O) groups excluding carboxylic acids is 2. The second-order valence-corrected chi connectivity index (χ2v) is 5.56. The van der Waals surface area contributed by atoms with Gasteiger partial charge in [0, 0.05) is 13.1 Å². The predicted molar refractivity (Wildman–Crippen MR) is 81.5 cm³/mol. The lowest BCUT2D eigenvalue weighted by atomic mass is 9.97. The number of hydrogen-bond donors (Lipinski definition) is 2. The Balaban J connectivity index is 1.68. The van der Waals surface area contributed by atoms with Gasteiger partial charge in [0.15, 0.2) is 0 Å². The normalized spacial score (nSPS) is 19.1. The number of likely N-dealkylation sites (tertiary alicyclic amines) is 1. The summed E-state index contributed by atoms with van der Waals surface area (Å²) in [6.45, 7) is 2.44. The van der Waals surface area contributed by atoms with Gasteiger partial charge in [-0.15, -0.1) is 0 Å². The Kier molecular flexibility index (Phi) is 5.75. The highest BCUT2D eigenvalue weighted by Crippen LogP contribution is 2.15. The minimum Gasteiger partial charge on any atom is -0.369 e. The number of rotatable bonds is 6. The second kappa shape index (κ2) is 7.78. The van der Waals surface area contributed by atoms with Crippen molar-refractivity contribution < 1.29 is 9.59 Å². The molecule has 5 nitrogen and oxygen atoms in total. The zero-order valence-electron chi connectivity index (χ0n) is 12.3. The highest BCUT2D eigenvalue weighted by Gasteiger charge is 2.24. The quantitative estimate of drug-likeness (QED) is 0.802. The van der Waals surface area contributed by atoms with Gasteiger partial charge in [-0.3, -0.25) is 14.5 Å². The fourth-order valence-electron chi connectivity index (χ4n) is 2.68. The number of nitrogens with zero attached hydrogens (tertiary/aromatic N) is 1. The van der Waals surface area contributed by atoms with Gasteiger partial charge in [-0.25, -0.2) is 0 Å². The smallest absolute Gasteiger partial charge is 0.234 e. The minimum absolute atomic E-state index is 0.0102. The monoisotopic (exact) mass is 289 g/mol. The van der Waals surface area contributed by atoms with Gasteiger partial charge >= 0.3 is 0 Å². The molecule has 1 aromatic carbocycles. The standard InChI is InChI=1S/C16H23N3O2/c17-16(21)14-7-4-10-19(11-14)12-15(20)18-9-8-13-5-2-1-3-6-13/h1-3,5-6,14H,4,7-12H2,(H2,17,21)(H,18,20)/t14-/m0/s1. The number of primary amides is 1. The van der Waals surface area contributed by atoms with E-state index in [0.29, 0.717) is 19.6 Å². The average molecular weight is 289 g/mol. The number of nitrogens with one attached hydrogen (secondary N) is 1. The molecule has 1 saturated heterocycles. The first-order valence-electron chi connectivity index (χ1n) is 7.47. The highest BCUT2D eigenvalue weighted by atomic mass is 16.2. The molecule has 2 rings (SSSR count). The molecule has 1 fully saturated rings. The summed E-state index contributed by atoms with van der Waals surface area (Å²) >= 11 is 0. The van der Waals surface area contributed by atoms with Crippen LogP contribution < -0.4 is 11.1 Å². The average Bonchev–Trinajstić information content (AvgIpc) is 2.48. The second-order valence-electron chi connectivity index (χ2n) is 5.56. The summed E-state index contributed by atoms with van der Waals surface area (Å²) in [5.74, 6) is -0.365. The van der Waals surface area contributed by atoms with E-state index in [9.17, 15) is 9.59 Å². The molecule has 5 heteroatoms. The first-order chi connectivity index (χ1) is 10.1. The zero-order valence-corrected chi connectivity index (χ0v) is 12.3. The third kappa shape index (κ3) is 5.19. The van der Waals surface area contributed by atoms with E-state index in [2.05, 4.69) is 5.32 Å². The number of amides is 2. The summed E-state index contributed by atoms with van der Waals surface area (Å²) in [6.07, 6.45) is 2.59. The molecule has 1 aliphatic heterocycles. The van der Waals surface area contributed by atoms with Crippen LogP contribution in [0.1, 0.15) is 18.4 Å². The number of nitrogens with two attached hydrogens (primary N) is 1. The highest BCUT2D eigenvalue weighted by molar-refractivity contribution is 5.79. The Morgan fingerprint density at radius 3 is 2.76 bits per heavy atom. The van der Waals surface area contributed by atoms with Gasteiger partial charge in [-0.1, -0.05) is 30.3 Å². The number of hydrogen-bond acceptors (Lipinski definition) is 3. The summed E-state index contributed by atoms with van der Waals surface area (Å²) in [7, 11) is 0. The van der Waals surface area contributed by atoms with Crippen molar-refractivity contribution in [2.24, 2.45) is 11.7 Å². The number of benzene rings is 1. The van der Waals surface area contributed by atoms with Gasteiger partial charge in [0.1, 0.15) is 0 Å². The maximum atomic E-state index is 11.9. The Hall–Kier alpha value is -1.88. The summed E-state index contributed by atoms with van der Waals surface area (Å²) in [4.78, 5) is 25.1. The largest absolute Gasteiger partial charge is 0.369 e. The van der Waals surface area contributed by atoms with E-state index in [1.807, 2.05) is 35.2 Å². The van der Waals surface area contributed by atoms with Crippen molar-refractivity contribution in [1.29, 1.82) is 0 Å². The molecule has 0 aliphatic carbocycles. The van der Waals surface area contributed by atoms with Crippen LogP contribution in [0.4, 0.5) is 0 Å². The van der Waals surface area contributed by atoms with Gasteiger partial charge in [-0.2, -0.15) is 0 Å². The van der Waals surface area contributed by atoms with E-state index in [0.717, 1.165) is 25.8 Å². The molecule has 0 saturated carbocycles. The Morgan fingerprint density at radius 2 is 2.05 bits per heavy atom. The van der Waals surface area contributed by atoms with Crippen LogP contribution >= 0.6 is 0 Å². The summed E-state index contributed by atoms with van der Waals surface area (Å²) in [5, 5.41) is 2.93. The first kappa shape index (κ1) is 15.5. The van der Waals surface area contributed by atoms with Crippen LogP contribution in [0, 0.1) is 5.92 Å². The van der Waals surface area contributed by atoms with Crippen LogP contribution in [-0.4, -0.2) is 42.9 Å². The fraction of sp³-hybridized carbons (Fsp3) is 0.500. The minimum atomic E-state index is -0.260. The topological polar surface area (TPSA) is 75.4 Å². The van der Waals surface area contributed by atoms with Crippen molar-refractivity contribution in [3.8, 4) is 0 Å². The molecule has 0 spiro atoms. The van der Waals surface area contributed by atoms with E-state index in [1.165, 1.54) is 5.56 Å². The Morgan fingerprint density at radius 1 is 1.29 bits per heavy atom. The summed E-state index contributed by atoms with van der Waals surface area (Å²) < 4.78 is 0. The third-order valence-corrected chi connectivity index (χ3v) is 3.85. The molecule has 114 valence electrons. The number of carbonyl (C=O) groups is 2. The van der Waals surface area contributed by atoms with E-state index in [-0.39, 0.29) is 17.7 Å². The van der Waals surface area contributed by atoms with Crippen molar-refractivity contribution >= 4 is 11.8 Å². The molecule has 2 amide bonds. The van der Waals surface area contributed by atoms with E-state index < -0.39 is 0 Å². The molecule has 3 N–H and O–H groups in total. The van der Waals surface area contributed by atoms with E-state index >= 15 is 0 Å². The third-order valence-electron chi connectivity index (χ3n) is 3.85. The zero-order chi connectivity index (χ0) is 15.1. The molecule has 0 bridgehead atoms. The molecule has 0 radical (unpaired) electrons. The molecule has 1 aromatic rings. The molecular formula is C16H23N3O2. The maximum absolute atomic E-state index is 11.9. The SMILES string of the molecule is NC(=O)[C@H]1CCCN(CC(=O)NCCc2ccccc2)C1. The lowest BCUT2D eigenvalue weighted by molar-refractivity contribution is -0.126. The van der Waals surface area contributed by atoms with E-state index in [4.69, 9.17) is 5.73 Å². The predicted octanol–water partition coefficient (Wildman–Crippen LogP) is 0.543. The van der Waals surface area contributed by atoms with Crippen LogP contribution in [0.15, 0.2) is 30.3 Å². The van der Waals surface area contributed by atoms with Crippen LogP contribution in [0.2, 0.25) is 0 Å². The Labute approximate surface area is 125 Å². The molecule has 0 unspecified atom stereocenters. The van der Waals surface area contributed by atoms with Gasteiger partial charge < -0.3 is 11.1 Å². The van der Waals surface area contributed by atoms with Crippen LogP contribution in [-0.2, 0) is 16.0 Å². The lowest BCUT2D eigenvalue weighted by Gasteiger charge is -2.30. The number of piperidine rings is 1. The fourth-order valence-corrected chi connectivity index (χ4v) is 2.68. The molecule has 1 aliphatic rings. The van der Waals surface area contributed by atoms with E-state index in [1.54, 1.807) is 0 Å². The summed E-state index contributed by atoms with van der Waals surface area (Å²) in [5.41, 5.74) is 6.55. The van der Waals surface area contributed by atoms with Gasteiger partial charge in [0.25, 0.3) is 0 Å². The lowest BCUT2D eigenvalue weighted by Crippen LogP contribution is -2.45. The van der Waals surface area contributed by atoms with Crippen molar-refractivity contribution in [3.63, 3.8) is 0 Å². The maximum Gasteiger partial charge on any atom is 0.234 e. The first-order valence-corrected chi connectivity index (χ1v) is 7.47. The van der Waals surface area contributed by atoms with Gasteiger partial charge in [0.2, 0.25) is 11.8 Å². The van der Waals surface area contributed by atoms with Crippen molar-refractivity contribution in [1.82, 2.24) is 10.2 Å². The molecule has 1 heterocycles. The van der Waals surface area contributed by atoms with Gasteiger partial charge in [0.05, 0.1) is 12.5 Å². The summed E-state index contributed by atoms with van der Waals surface area (Å²) in [6, 6.07) is 10.1. The Bertz CT molecular complexity index is 476. The molecule has 21 heavy (non-hydrogen) atoms.